The van der Waals surface area contributed by atoms with Crippen LogP contribution in [0.15, 0.2) is 46.5 Å². The number of aliphatic hydroxyl groups excluding tert-OH is 1. The fraction of sp³-hybridized carbons (Fsp3) is 0.182. The van der Waals surface area contributed by atoms with Crippen molar-refractivity contribution in [1.82, 2.24) is 0 Å². The molecule has 0 bridgehead atoms. The first kappa shape index (κ1) is 13.2. The largest absolute Gasteiger partial charge is 0.513 e. The van der Waals surface area contributed by atoms with Gasteiger partial charge in [-0.05, 0) is 25.1 Å². The molecule has 0 radical (unpaired) electrons. The molecule has 0 aliphatic heterocycles. The number of hydrogen-bond donors (Lipinski definition) is 1. The van der Waals surface area contributed by atoms with Crippen LogP contribution in [-0.2, 0) is 9.53 Å². The number of rotatable bonds is 4. The molecule has 1 N–H and O–H groups in total. The second-order valence-electron chi connectivity index (χ2n) is 2.91. The van der Waals surface area contributed by atoms with Gasteiger partial charge in [0.25, 0.3) is 0 Å². The highest BCUT2D eigenvalue weighted by Crippen LogP contribution is 2.19. The van der Waals surface area contributed by atoms with Crippen molar-refractivity contribution in [1.29, 1.82) is 0 Å². The fourth-order valence-electron chi connectivity index (χ4n) is 0.974. The zero-order valence-electron chi connectivity index (χ0n) is 9.13. The first-order valence-corrected chi connectivity index (χ1v) is 5.24. The number of aliphatic hydroxyl groups is 1. The molecule has 1 aromatic carbocycles. The molecule has 0 fully saturated rings. The number of carbonyl (C=O) groups excluding carboxylic acids is 1. The summed E-state index contributed by atoms with van der Waals surface area (Å²) in [5.41, 5.74) is 0.202. The summed E-state index contributed by atoms with van der Waals surface area (Å²) in [6, 6.07) is 6.62. The molecule has 0 spiro atoms. The molecule has 0 amide bonds. The van der Waals surface area contributed by atoms with Gasteiger partial charge in [-0.3, -0.25) is 0 Å². The number of nitrogens with zero attached hydrogens (tertiary/aromatic N) is 2. The van der Waals surface area contributed by atoms with Crippen molar-refractivity contribution in [3.8, 4) is 0 Å². The summed E-state index contributed by atoms with van der Waals surface area (Å²) in [6.45, 7) is 1.85. The number of esters is 1. The Morgan fingerprint density at radius 1 is 1.59 bits per heavy atom. The molecular weight excluding hydrogens is 244 g/mol. The van der Waals surface area contributed by atoms with E-state index in [9.17, 15) is 4.79 Å². The van der Waals surface area contributed by atoms with Gasteiger partial charge >= 0.3 is 5.97 Å². The lowest BCUT2D eigenvalue weighted by Crippen LogP contribution is -2.05. The average Bonchev–Trinajstić information content (AvgIpc) is 2.30. The molecule has 90 valence electrons. The molecule has 0 atom stereocenters. The lowest BCUT2D eigenvalue weighted by Gasteiger charge is -1.99. The van der Waals surface area contributed by atoms with Crippen molar-refractivity contribution < 1.29 is 14.6 Å². The molecule has 1 aromatic rings. The minimum absolute atomic E-state index is 0.197. The van der Waals surface area contributed by atoms with Crippen LogP contribution in [-0.4, -0.2) is 17.7 Å². The monoisotopic (exact) mass is 254 g/mol. The van der Waals surface area contributed by atoms with Gasteiger partial charge in [-0.25, -0.2) is 4.79 Å². The summed E-state index contributed by atoms with van der Waals surface area (Å²) in [7, 11) is 0. The number of hydrogen-bond acceptors (Lipinski definition) is 5. The quantitative estimate of drug-likeness (QED) is 0.387. The van der Waals surface area contributed by atoms with Crippen LogP contribution < -0.4 is 0 Å². The maximum atomic E-state index is 11.2. The Morgan fingerprint density at radius 3 is 2.94 bits per heavy atom. The van der Waals surface area contributed by atoms with E-state index in [-0.39, 0.29) is 12.3 Å². The van der Waals surface area contributed by atoms with E-state index < -0.39 is 5.97 Å². The lowest BCUT2D eigenvalue weighted by atomic mass is 10.3. The van der Waals surface area contributed by atoms with Crippen LogP contribution in [0.5, 0.6) is 0 Å². The molecule has 0 heterocycles. The summed E-state index contributed by atoms with van der Waals surface area (Å²) in [5.74, 6) is -0.735. The minimum Gasteiger partial charge on any atom is -0.513 e. The normalized spacial score (nSPS) is 11.8. The summed E-state index contributed by atoms with van der Waals surface area (Å²) >= 11 is 5.75. The maximum absolute atomic E-state index is 11.2. The Hall–Kier alpha value is -1.88. The van der Waals surface area contributed by atoms with Crippen LogP contribution in [0.25, 0.3) is 0 Å². The molecule has 0 saturated heterocycles. The SMILES string of the molecule is CCOC(=O)/C(=C\O)N=Nc1cccc(Cl)c1. The first-order chi connectivity index (χ1) is 8.17. The summed E-state index contributed by atoms with van der Waals surface area (Å²) in [4.78, 5) is 11.2. The fourth-order valence-corrected chi connectivity index (χ4v) is 1.16. The van der Waals surface area contributed by atoms with Gasteiger partial charge in [0, 0.05) is 5.02 Å². The first-order valence-electron chi connectivity index (χ1n) is 4.86. The van der Waals surface area contributed by atoms with Crippen LogP contribution in [0.2, 0.25) is 5.02 Å². The van der Waals surface area contributed by atoms with Gasteiger partial charge in [0.2, 0.25) is 5.70 Å². The topological polar surface area (TPSA) is 71.2 Å². The molecule has 0 unspecified atom stereocenters. The van der Waals surface area contributed by atoms with Gasteiger partial charge in [0.1, 0.15) is 6.26 Å². The Kier molecular flexibility index (Phi) is 5.16. The average molecular weight is 255 g/mol. The van der Waals surface area contributed by atoms with Crippen molar-refractivity contribution in [2.75, 3.05) is 6.61 Å². The Balaban J connectivity index is 2.79. The van der Waals surface area contributed by atoms with E-state index in [0.717, 1.165) is 0 Å². The van der Waals surface area contributed by atoms with Crippen molar-refractivity contribution in [3.63, 3.8) is 0 Å². The molecule has 1 rings (SSSR count). The van der Waals surface area contributed by atoms with Gasteiger partial charge in [0.05, 0.1) is 12.3 Å². The van der Waals surface area contributed by atoms with Crippen LogP contribution in [0, 0.1) is 0 Å². The second-order valence-corrected chi connectivity index (χ2v) is 3.35. The highest BCUT2D eigenvalue weighted by Gasteiger charge is 2.09. The Bertz CT molecular complexity index is 458. The van der Waals surface area contributed by atoms with E-state index in [2.05, 4.69) is 15.0 Å². The van der Waals surface area contributed by atoms with E-state index in [4.69, 9.17) is 16.7 Å². The summed E-state index contributed by atoms with van der Waals surface area (Å²) in [5, 5.41) is 16.6. The lowest BCUT2D eigenvalue weighted by molar-refractivity contribution is -0.138. The van der Waals surface area contributed by atoms with E-state index >= 15 is 0 Å². The van der Waals surface area contributed by atoms with Crippen molar-refractivity contribution in [2.45, 2.75) is 6.92 Å². The Labute approximate surface area is 103 Å². The zero-order chi connectivity index (χ0) is 12.7. The van der Waals surface area contributed by atoms with E-state index in [1.165, 1.54) is 0 Å². The standard InChI is InChI=1S/C11H11ClN2O3/c1-2-17-11(16)10(7-15)14-13-9-5-3-4-8(12)6-9/h3-7,15H,2H2,1H3/b10-7+,14-13?. The van der Waals surface area contributed by atoms with Gasteiger partial charge in [0.15, 0.2) is 0 Å². The van der Waals surface area contributed by atoms with Gasteiger partial charge in [-0.2, -0.15) is 5.11 Å². The maximum Gasteiger partial charge on any atom is 0.362 e. The third-order valence-electron chi connectivity index (χ3n) is 1.69. The molecule has 0 aliphatic carbocycles. The predicted molar refractivity (Wildman–Crippen MR) is 63.3 cm³/mol. The van der Waals surface area contributed by atoms with Crippen LogP contribution in [0.3, 0.4) is 0 Å². The van der Waals surface area contributed by atoms with Crippen LogP contribution in [0.4, 0.5) is 5.69 Å². The van der Waals surface area contributed by atoms with Crippen LogP contribution >= 0.6 is 11.6 Å². The third-order valence-corrected chi connectivity index (χ3v) is 1.92. The minimum atomic E-state index is -0.735. The smallest absolute Gasteiger partial charge is 0.362 e. The predicted octanol–water partition coefficient (Wildman–Crippen LogP) is 3.39. The summed E-state index contributed by atoms with van der Waals surface area (Å²) < 4.78 is 4.66. The van der Waals surface area contributed by atoms with Crippen molar-refractivity contribution in [2.24, 2.45) is 10.2 Å². The molecule has 0 aliphatic rings. The van der Waals surface area contributed by atoms with Gasteiger partial charge < -0.3 is 9.84 Å². The van der Waals surface area contributed by atoms with E-state index in [1.807, 2.05) is 0 Å². The van der Waals surface area contributed by atoms with E-state index in [1.54, 1.807) is 31.2 Å². The number of ether oxygens (including phenoxy) is 1. The Morgan fingerprint density at radius 2 is 2.35 bits per heavy atom. The second kappa shape index (κ2) is 6.65. The zero-order valence-corrected chi connectivity index (χ0v) is 9.89. The van der Waals surface area contributed by atoms with E-state index in [0.29, 0.717) is 17.0 Å². The highest BCUT2D eigenvalue weighted by atomic mass is 35.5. The van der Waals surface area contributed by atoms with Gasteiger partial charge in [-0.1, -0.05) is 17.7 Å². The molecule has 17 heavy (non-hydrogen) atoms. The van der Waals surface area contributed by atoms with Crippen molar-refractivity contribution in [3.05, 3.63) is 41.2 Å². The number of carbonyl (C=O) groups is 1. The number of azo groups is 1. The van der Waals surface area contributed by atoms with Crippen LogP contribution in [0.1, 0.15) is 6.92 Å². The molecule has 5 nitrogen and oxygen atoms in total. The third kappa shape index (κ3) is 4.24. The van der Waals surface area contributed by atoms with Gasteiger partial charge in [-0.15, -0.1) is 5.11 Å². The number of benzene rings is 1. The molecular formula is C11H11ClN2O3. The summed E-state index contributed by atoms with van der Waals surface area (Å²) in [6.07, 6.45) is 0.548. The molecule has 0 saturated carbocycles. The number of halogens is 1. The highest BCUT2D eigenvalue weighted by molar-refractivity contribution is 6.30. The van der Waals surface area contributed by atoms with Crippen molar-refractivity contribution >= 4 is 23.3 Å². The molecule has 0 aromatic heterocycles. The molecule has 6 heteroatoms.